The van der Waals surface area contributed by atoms with E-state index < -0.39 is 0 Å². The molecule has 0 radical (unpaired) electrons. The van der Waals surface area contributed by atoms with Crippen LogP contribution in [0.25, 0.3) is 0 Å². The van der Waals surface area contributed by atoms with Gasteiger partial charge in [0.05, 0.1) is 19.3 Å². The van der Waals surface area contributed by atoms with Crippen LogP contribution in [0.5, 0.6) is 11.5 Å². The van der Waals surface area contributed by atoms with Crippen molar-refractivity contribution < 1.29 is 14.6 Å². The second-order valence-corrected chi connectivity index (χ2v) is 4.68. The highest BCUT2D eigenvalue weighted by Gasteiger charge is 2.27. The molecular formula is C15H22O3. The fourth-order valence-electron chi connectivity index (χ4n) is 2.63. The molecule has 0 saturated heterocycles. The molecule has 2 atom stereocenters. The molecule has 2 rings (SSSR count). The molecule has 3 heteroatoms. The second-order valence-electron chi connectivity index (χ2n) is 4.68. The summed E-state index contributed by atoms with van der Waals surface area (Å²) in [5.74, 6) is 1.83. The van der Waals surface area contributed by atoms with Crippen molar-refractivity contribution in [2.75, 3.05) is 13.2 Å². The Morgan fingerprint density at radius 1 is 1.11 bits per heavy atom. The highest BCUT2D eigenvalue weighted by molar-refractivity contribution is 5.44. The van der Waals surface area contributed by atoms with Crippen LogP contribution in [0.2, 0.25) is 0 Å². The quantitative estimate of drug-likeness (QED) is 0.872. The van der Waals surface area contributed by atoms with Gasteiger partial charge in [0.1, 0.15) is 0 Å². The van der Waals surface area contributed by atoms with Crippen LogP contribution in [0, 0.1) is 0 Å². The van der Waals surface area contributed by atoms with Crippen molar-refractivity contribution in [3.8, 4) is 11.5 Å². The zero-order chi connectivity index (χ0) is 13.0. The molecule has 0 spiro atoms. The molecule has 18 heavy (non-hydrogen) atoms. The summed E-state index contributed by atoms with van der Waals surface area (Å²) in [5.41, 5.74) is 1.16. The standard InChI is InChI=1S/C15H22O3/c1-3-17-14-9-8-11(10-15(14)18-4-2)12-6-5-7-13(12)16/h8-10,12-13,16H,3-7H2,1-2H3. The molecule has 1 saturated carbocycles. The molecule has 0 amide bonds. The highest BCUT2D eigenvalue weighted by Crippen LogP contribution is 2.38. The third-order valence-corrected chi connectivity index (χ3v) is 3.48. The molecule has 100 valence electrons. The molecule has 2 unspecified atom stereocenters. The molecule has 1 N–H and O–H groups in total. The first-order valence-corrected chi connectivity index (χ1v) is 6.83. The maximum Gasteiger partial charge on any atom is 0.161 e. The fourth-order valence-corrected chi connectivity index (χ4v) is 2.63. The topological polar surface area (TPSA) is 38.7 Å². The number of aliphatic hydroxyl groups excluding tert-OH is 1. The van der Waals surface area contributed by atoms with Crippen molar-refractivity contribution >= 4 is 0 Å². The first kappa shape index (κ1) is 13.2. The van der Waals surface area contributed by atoms with Gasteiger partial charge in [-0.2, -0.15) is 0 Å². The molecule has 1 aromatic carbocycles. The van der Waals surface area contributed by atoms with Crippen molar-refractivity contribution in [3.63, 3.8) is 0 Å². The highest BCUT2D eigenvalue weighted by atomic mass is 16.5. The predicted molar refractivity (Wildman–Crippen MR) is 71.4 cm³/mol. The van der Waals surface area contributed by atoms with Crippen LogP contribution in [-0.2, 0) is 0 Å². The molecule has 0 aliphatic heterocycles. The number of rotatable bonds is 5. The van der Waals surface area contributed by atoms with Gasteiger partial charge in [-0.05, 0) is 44.4 Å². The summed E-state index contributed by atoms with van der Waals surface area (Å²) in [6, 6.07) is 6.02. The van der Waals surface area contributed by atoms with Crippen LogP contribution < -0.4 is 9.47 Å². The van der Waals surface area contributed by atoms with Gasteiger partial charge in [0.2, 0.25) is 0 Å². The normalized spacial score (nSPS) is 23.1. The number of ether oxygens (including phenoxy) is 2. The Hall–Kier alpha value is -1.22. The van der Waals surface area contributed by atoms with Gasteiger partial charge in [-0.25, -0.2) is 0 Å². The summed E-state index contributed by atoms with van der Waals surface area (Å²) in [5, 5.41) is 9.96. The lowest BCUT2D eigenvalue weighted by Crippen LogP contribution is -2.11. The van der Waals surface area contributed by atoms with Gasteiger partial charge in [0, 0.05) is 5.92 Å². The number of benzene rings is 1. The molecule has 0 heterocycles. The van der Waals surface area contributed by atoms with E-state index in [1.807, 2.05) is 32.0 Å². The summed E-state index contributed by atoms with van der Waals surface area (Å²) in [7, 11) is 0. The van der Waals surface area contributed by atoms with E-state index in [1.54, 1.807) is 0 Å². The molecule has 1 aromatic rings. The van der Waals surface area contributed by atoms with E-state index >= 15 is 0 Å². The lowest BCUT2D eigenvalue weighted by atomic mass is 9.95. The van der Waals surface area contributed by atoms with Gasteiger partial charge in [-0.15, -0.1) is 0 Å². The van der Waals surface area contributed by atoms with Crippen LogP contribution in [-0.4, -0.2) is 24.4 Å². The minimum atomic E-state index is -0.211. The Morgan fingerprint density at radius 2 is 1.83 bits per heavy atom. The second kappa shape index (κ2) is 6.10. The maximum atomic E-state index is 9.96. The molecule has 0 aromatic heterocycles. The van der Waals surface area contributed by atoms with Crippen molar-refractivity contribution in [1.29, 1.82) is 0 Å². The smallest absolute Gasteiger partial charge is 0.161 e. The van der Waals surface area contributed by atoms with Crippen molar-refractivity contribution in [1.82, 2.24) is 0 Å². The Kier molecular flexibility index (Phi) is 4.48. The molecule has 1 fully saturated rings. The maximum absolute atomic E-state index is 9.96. The zero-order valence-corrected chi connectivity index (χ0v) is 11.2. The van der Waals surface area contributed by atoms with Gasteiger partial charge in [-0.3, -0.25) is 0 Å². The van der Waals surface area contributed by atoms with Gasteiger partial charge >= 0.3 is 0 Å². The summed E-state index contributed by atoms with van der Waals surface area (Å²) in [6.45, 7) is 5.18. The van der Waals surface area contributed by atoms with E-state index in [2.05, 4.69) is 0 Å². The Bertz CT molecular complexity index is 389. The van der Waals surface area contributed by atoms with Gasteiger partial charge < -0.3 is 14.6 Å². The first-order chi connectivity index (χ1) is 8.76. The van der Waals surface area contributed by atoms with Crippen LogP contribution in [0.4, 0.5) is 0 Å². The zero-order valence-electron chi connectivity index (χ0n) is 11.2. The van der Waals surface area contributed by atoms with Crippen molar-refractivity contribution in [2.24, 2.45) is 0 Å². The molecule has 0 bridgehead atoms. The van der Waals surface area contributed by atoms with E-state index in [0.717, 1.165) is 36.3 Å². The van der Waals surface area contributed by atoms with E-state index in [9.17, 15) is 5.11 Å². The Morgan fingerprint density at radius 3 is 2.44 bits per heavy atom. The van der Waals surface area contributed by atoms with Gasteiger partial charge in [0.25, 0.3) is 0 Å². The lowest BCUT2D eigenvalue weighted by molar-refractivity contribution is 0.163. The third kappa shape index (κ3) is 2.78. The average Bonchev–Trinajstić information content (AvgIpc) is 2.78. The van der Waals surface area contributed by atoms with Crippen molar-refractivity contribution in [3.05, 3.63) is 23.8 Å². The first-order valence-electron chi connectivity index (χ1n) is 6.83. The molecular weight excluding hydrogens is 228 g/mol. The summed E-state index contributed by atoms with van der Waals surface area (Å²) < 4.78 is 11.2. The Labute approximate surface area is 109 Å². The van der Waals surface area contributed by atoms with Crippen LogP contribution in [0.1, 0.15) is 44.6 Å². The van der Waals surface area contributed by atoms with Gasteiger partial charge in [0.15, 0.2) is 11.5 Å². The summed E-state index contributed by atoms with van der Waals surface area (Å²) in [6.07, 6.45) is 2.85. The fraction of sp³-hybridized carbons (Fsp3) is 0.600. The molecule has 1 aliphatic carbocycles. The van der Waals surface area contributed by atoms with E-state index in [1.165, 1.54) is 0 Å². The third-order valence-electron chi connectivity index (χ3n) is 3.48. The predicted octanol–water partition coefficient (Wildman–Crippen LogP) is 3.11. The summed E-state index contributed by atoms with van der Waals surface area (Å²) in [4.78, 5) is 0. The lowest BCUT2D eigenvalue weighted by Gasteiger charge is -2.18. The Balaban J connectivity index is 2.24. The summed E-state index contributed by atoms with van der Waals surface area (Å²) >= 11 is 0. The minimum Gasteiger partial charge on any atom is -0.490 e. The van der Waals surface area contributed by atoms with Crippen LogP contribution in [0.15, 0.2) is 18.2 Å². The van der Waals surface area contributed by atoms with E-state index in [0.29, 0.717) is 13.2 Å². The van der Waals surface area contributed by atoms with E-state index in [4.69, 9.17) is 9.47 Å². The average molecular weight is 250 g/mol. The van der Waals surface area contributed by atoms with Crippen molar-refractivity contribution in [2.45, 2.75) is 45.1 Å². The van der Waals surface area contributed by atoms with E-state index in [-0.39, 0.29) is 12.0 Å². The molecule has 3 nitrogen and oxygen atoms in total. The number of hydrogen-bond acceptors (Lipinski definition) is 3. The number of hydrogen-bond donors (Lipinski definition) is 1. The monoisotopic (exact) mass is 250 g/mol. The largest absolute Gasteiger partial charge is 0.490 e. The van der Waals surface area contributed by atoms with Crippen LogP contribution >= 0.6 is 0 Å². The molecule has 1 aliphatic rings. The number of aliphatic hydroxyl groups is 1. The van der Waals surface area contributed by atoms with Crippen LogP contribution in [0.3, 0.4) is 0 Å². The van der Waals surface area contributed by atoms with Gasteiger partial charge in [-0.1, -0.05) is 12.5 Å². The minimum absolute atomic E-state index is 0.211. The SMILES string of the molecule is CCOc1ccc(C2CCCC2O)cc1OCC.